The maximum Gasteiger partial charge on any atom is 0.377 e. The zero-order valence-electron chi connectivity index (χ0n) is 13.4. The third-order valence-corrected chi connectivity index (χ3v) is 3.86. The molecule has 0 aliphatic carbocycles. The average molecular weight is 342 g/mol. The van der Waals surface area contributed by atoms with Crippen LogP contribution in [0.4, 0.5) is 0 Å². The predicted molar refractivity (Wildman–Crippen MR) is 93.1 cm³/mol. The number of hydrogen-bond donors (Lipinski definition) is 0. The Kier molecular flexibility index (Phi) is 4.67. The maximum atomic E-state index is 12.2. The van der Waals surface area contributed by atoms with E-state index in [0.717, 1.165) is 16.7 Å². The molecule has 0 amide bonds. The number of nitrogens with zero attached hydrogens (tertiary/aromatic N) is 1. The van der Waals surface area contributed by atoms with Gasteiger partial charge in [-0.2, -0.15) is 0 Å². The third-order valence-electron chi connectivity index (χ3n) is 3.61. The van der Waals surface area contributed by atoms with Crippen LogP contribution in [0.15, 0.2) is 53.1 Å². The monoisotopic (exact) mass is 341 g/mol. The van der Waals surface area contributed by atoms with Crippen molar-refractivity contribution in [3.05, 3.63) is 64.9 Å². The van der Waals surface area contributed by atoms with Gasteiger partial charge in [0.2, 0.25) is 0 Å². The Morgan fingerprint density at radius 2 is 1.71 bits per heavy atom. The highest BCUT2D eigenvalue weighted by molar-refractivity contribution is 6.30. The number of esters is 1. The number of aryl methyl sites for hydroxylation is 1. The van der Waals surface area contributed by atoms with Crippen LogP contribution in [0.3, 0.4) is 0 Å². The highest BCUT2D eigenvalue weighted by Crippen LogP contribution is 2.35. The molecule has 122 valence electrons. The number of hydrogen-bond acceptors (Lipinski definition) is 4. The van der Waals surface area contributed by atoms with Crippen molar-refractivity contribution < 1.29 is 14.1 Å². The van der Waals surface area contributed by atoms with Gasteiger partial charge in [-0.05, 0) is 31.5 Å². The molecule has 3 rings (SSSR count). The first-order valence-electron chi connectivity index (χ1n) is 7.60. The lowest BCUT2D eigenvalue weighted by molar-refractivity contribution is 0.0481. The van der Waals surface area contributed by atoms with E-state index in [1.54, 1.807) is 19.1 Å². The summed E-state index contributed by atoms with van der Waals surface area (Å²) < 4.78 is 10.4. The molecule has 2 aromatic carbocycles. The maximum absolute atomic E-state index is 12.2. The molecule has 0 saturated heterocycles. The van der Waals surface area contributed by atoms with Crippen molar-refractivity contribution in [3.8, 4) is 22.4 Å². The van der Waals surface area contributed by atoms with Crippen molar-refractivity contribution in [1.82, 2.24) is 5.16 Å². The van der Waals surface area contributed by atoms with Crippen molar-refractivity contribution in [2.75, 3.05) is 6.61 Å². The second kappa shape index (κ2) is 6.89. The van der Waals surface area contributed by atoms with Gasteiger partial charge in [0.1, 0.15) is 5.69 Å². The van der Waals surface area contributed by atoms with Crippen LogP contribution in [0.25, 0.3) is 22.4 Å². The van der Waals surface area contributed by atoms with Crippen LogP contribution >= 0.6 is 11.6 Å². The summed E-state index contributed by atoms with van der Waals surface area (Å²) in [5, 5.41) is 4.73. The number of ether oxygens (including phenoxy) is 1. The van der Waals surface area contributed by atoms with E-state index in [0.29, 0.717) is 16.3 Å². The van der Waals surface area contributed by atoms with Crippen LogP contribution in [-0.4, -0.2) is 17.7 Å². The molecule has 0 bridgehead atoms. The SMILES string of the molecule is CCOC(=O)c1onc(-c2ccc(Cl)cc2)c1-c1ccc(C)cc1. The molecular formula is C19H16ClNO3. The lowest BCUT2D eigenvalue weighted by atomic mass is 9.98. The van der Waals surface area contributed by atoms with E-state index >= 15 is 0 Å². The van der Waals surface area contributed by atoms with Crippen molar-refractivity contribution in [2.24, 2.45) is 0 Å². The molecule has 24 heavy (non-hydrogen) atoms. The topological polar surface area (TPSA) is 52.3 Å². The van der Waals surface area contributed by atoms with Crippen LogP contribution in [0.2, 0.25) is 5.02 Å². The normalized spacial score (nSPS) is 10.6. The zero-order valence-corrected chi connectivity index (χ0v) is 14.1. The number of aromatic nitrogens is 1. The quantitative estimate of drug-likeness (QED) is 0.616. The van der Waals surface area contributed by atoms with Crippen molar-refractivity contribution >= 4 is 17.6 Å². The van der Waals surface area contributed by atoms with Gasteiger partial charge in [0.25, 0.3) is 5.76 Å². The number of carbonyl (C=O) groups excluding carboxylic acids is 1. The fourth-order valence-corrected chi connectivity index (χ4v) is 2.54. The molecule has 0 aliphatic heterocycles. The zero-order chi connectivity index (χ0) is 17.1. The van der Waals surface area contributed by atoms with Gasteiger partial charge in [0, 0.05) is 10.6 Å². The Hall–Kier alpha value is -2.59. The summed E-state index contributed by atoms with van der Waals surface area (Å²) >= 11 is 5.95. The molecule has 1 aromatic heterocycles. The van der Waals surface area contributed by atoms with Gasteiger partial charge in [0.15, 0.2) is 0 Å². The Balaban J connectivity index is 2.17. The van der Waals surface area contributed by atoms with Gasteiger partial charge < -0.3 is 9.26 Å². The van der Waals surface area contributed by atoms with Crippen molar-refractivity contribution in [1.29, 1.82) is 0 Å². The second-order valence-corrected chi connectivity index (χ2v) is 5.77. The minimum absolute atomic E-state index is 0.102. The van der Waals surface area contributed by atoms with Crippen LogP contribution in [0, 0.1) is 6.92 Å². The lowest BCUT2D eigenvalue weighted by Crippen LogP contribution is -2.04. The molecule has 0 spiro atoms. The van der Waals surface area contributed by atoms with Gasteiger partial charge in [0.05, 0.1) is 12.2 Å². The molecule has 4 nitrogen and oxygen atoms in total. The van der Waals surface area contributed by atoms with Gasteiger partial charge >= 0.3 is 5.97 Å². The molecule has 0 fully saturated rings. The minimum Gasteiger partial charge on any atom is -0.460 e. The first-order valence-corrected chi connectivity index (χ1v) is 7.97. The van der Waals surface area contributed by atoms with Gasteiger partial charge in [-0.1, -0.05) is 58.7 Å². The standard InChI is InChI=1S/C19H16ClNO3/c1-3-23-19(22)18-16(13-6-4-12(2)5-7-13)17(21-24-18)14-8-10-15(20)11-9-14/h4-11H,3H2,1-2H3. The Morgan fingerprint density at radius 3 is 2.33 bits per heavy atom. The Morgan fingerprint density at radius 1 is 1.08 bits per heavy atom. The summed E-state index contributed by atoms with van der Waals surface area (Å²) in [6.45, 7) is 4.02. The van der Waals surface area contributed by atoms with E-state index in [1.165, 1.54) is 0 Å². The molecule has 5 heteroatoms. The average Bonchev–Trinajstić information content (AvgIpc) is 3.01. The summed E-state index contributed by atoms with van der Waals surface area (Å²) in [5.41, 5.74) is 3.99. The molecule has 0 radical (unpaired) electrons. The summed E-state index contributed by atoms with van der Waals surface area (Å²) in [6, 6.07) is 15.0. The van der Waals surface area contributed by atoms with E-state index < -0.39 is 5.97 Å². The first kappa shape index (κ1) is 16.3. The molecule has 0 saturated carbocycles. The Labute approximate surface area is 145 Å². The minimum atomic E-state index is -0.527. The molecule has 0 unspecified atom stereocenters. The molecule has 3 aromatic rings. The van der Waals surface area contributed by atoms with Crippen LogP contribution in [-0.2, 0) is 4.74 Å². The van der Waals surface area contributed by atoms with E-state index in [2.05, 4.69) is 5.16 Å². The summed E-state index contributed by atoms with van der Waals surface area (Å²) in [5.74, 6) is -0.425. The third kappa shape index (κ3) is 3.19. The second-order valence-electron chi connectivity index (χ2n) is 5.33. The van der Waals surface area contributed by atoms with E-state index in [-0.39, 0.29) is 12.4 Å². The summed E-state index contributed by atoms with van der Waals surface area (Å²) in [7, 11) is 0. The number of benzene rings is 2. The summed E-state index contributed by atoms with van der Waals surface area (Å²) in [4.78, 5) is 12.2. The smallest absolute Gasteiger partial charge is 0.377 e. The van der Waals surface area contributed by atoms with Crippen molar-refractivity contribution in [3.63, 3.8) is 0 Å². The van der Waals surface area contributed by atoms with Gasteiger partial charge in [-0.15, -0.1) is 0 Å². The first-order chi connectivity index (χ1) is 11.6. The van der Waals surface area contributed by atoms with Gasteiger partial charge in [-0.3, -0.25) is 0 Å². The van der Waals surface area contributed by atoms with Gasteiger partial charge in [-0.25, -0.2) is 4.79 Å². The molecule has 0 atom stereocenters. The van der Waals surface area contributed by atoms with E-state index in [4.69, 9.17) is 20.9 Å². The fraction of sp³-hybridized carbons (Fsp3) is 0.158. The van der Waals surface area contributed by atoms with Crippen LogP contribution in [0.1, 0.15) is 23.0 Å². The number of rotatable bonds is 4. The molecule has 0 aliphatic rings. The Bertz CT molecular complexity index is 851. The molecule has 1 heterocycles. The highest BCUT2D eigenvalue weighted by atomic mass is 35.5. The number of carbonyl (C=O) groups is 1. The summed E-state index contributed by atoms with van der Waals surface area (Å²) in [6.07, 6.45) is 0. The molecule has 0 N–H and O–H groups in total. The highest BCUT2D eigenvalue weighted by Gasteiger charge is 2.25. The van der Waals surface area contributed by atoms with E-state index in [9.17, 15) is 4.79 Å². The van der Waals surface area contributed by atoms with Crippen molar-refractivity contribution in [2.45, 2.75) is 13.8 Å². The van der Waals surface area contributed by atoms with Crippen LogP contribution < -0.4 is 0 Å². The predicted octanol–water partition coefficient (Wildman–Crippen LogP) is 5.15. The lowest BCUT2D eigenvalue weighted by Gasteiger charge is -2.05. The van der Waals surface area contributed by atoms with Crippen LogP contribution in [0.5, 0.6) is 0 Å². The van der Waals surface area contributed by atoms with E-state index in [1.807, 2.05) is 43.3 Å². The number of halogens is 1. The largest absolute Gasteiger partial charge is 0.460 e. The fourth-order valence-electron chi connectivity index (χ4n) is 2.42. The molecular weight excluding hydrogens is 326 g/mol.